The zero-order chi connectivity index (χ0) is 12.3. The van der Waals surface area contributed by atoms with E-state index in [0.717, 1.165) is 35.5 Å². The number of fused-ring (bicyclic) bond motifs is 5. The van der Waals surface area contributed by atoms with Gasteiger partial charge in [0.05, 0.1) is 0 Å². The van der Waals surface area contributed by atoms with E-state index in [2.05, 4.69) is 6.92 Å². The minimum atomic E-state index is 0.260. The molecule has 5 unspecified atom stereocenters. The lowest BCUT2D eigenvalue weighted by Gasteiger charge is -2.47. The Kier molecular flexibility index (Phi) is 2.60. The van der Waals surface area contributed by atoms with E-state index < -0.39 is 0 Å². The van der Waals surface area contributed by atoms with Gasteiger partial charge in [-0.15, -0.1) is 0 Å². The molecule has 4 rings (SSSR count). The standard InChI is InChI=1S/C17H29N/c1-11-5-7-13(8-6-11)17(18)10-12-9-16(17)15-4-2-3-14(12)15/h11-16H,2-10,18H2,1H3. The lowest BCUT2D eigenvalue weighted by Crippen LogP contribution is -2.55. The fourth-order valence-corrected chi connectivity index (χ4v) is 6.50. The summed E-state index contributed by atoms with van der Waals surface area (Å²) in [5, 5.41) is 0. The Labute approximate surface area is 112 Å². The van der Waals surface area contributed by atoms with Gasteiger partial charge in [-0.25, -0.2) is 0 Å². The Morgan fingerprint density at radius 2 is 1.67 bits per heavy atom. The summed E-state index contributed by atoms with van der Waals surface area (Å²) in [4.78, 5) is 0. The largest absolute Gasteiger partial charge is 0.325 e. The fraction of sp³-hybridized carbons (Fsp3) is 1.00. The average molecular weight is 247 g/mol. The van der Waals surface area contributed by atoms with Gasteiger partial charge < -0.3 is 5.73 Å². The second-order valence-corrected chi connectivity index (χ2v) is 8.13. The molecule has 18 heavy (non-hydrogen) atoms. The van der Waals surface area contributed by atoms with Crippen LogP contribution in [0.15, 0.2) is 0 Å². The number of hydrogen-bond donors (Lipinski definition) is 1. The molecular formula is C17H29N. The third-order valence-corrected chi connectivity index (χ3v) is 7.39. The van der Waals surface area contributed by atoms with Gasteiger partial charge in [0.1, 0.15) is 0 Å². The lowest BCUT2D eigenvalue weighted by atomic mass is 9.62. The lowest BCUT2D eigenvalue weighted by molar-refractivity contribution is 0.0726. The maximum absolute atomic E-state index is 7.02. The van der Waals surface area contributed by atoms with Gasteiger partial charge in [0, 0.05) is 5.54 Å². The number of nitrogens with two attached hydrogens (primary N) is 1. The molecular weight excluding hydrogens is 218 g/mol. The van der Waals surface area contributed by atoms with Gasteiger partial charge in [0.15, 0.2) is 0 Å². The normalized spacial score (nSPS) is 59.0. The highest BCUT2D eigenvalue weighted by Gasteiger charge is 2.61. The molecule has 2 bridgehead atoms. The number of rotatable bonds is 1. The zero-order valence-corrected chi connectivity index (χ0v) is 11.9. The van der Waals surface area contributed by atoms with Crippen molar-refractivity contribution in [1.82, 2.24) is 0 Å². The highest BCUT2D eigenvalue weighted by Crippen LogP contribution is 2.64. The summed E-state index contributed by atoms with van der Waals surface area (Å²) < 4.78 is 0. The van der Waals surface area contributed by atoms with Gasteiger partial charge >= 0.3 is 0 Å². The Bertz CT molecular complexity index is 331. The van der Waals surface area contributed by atoms with Crippen molar-refractivity contribution >= 4 is 0 Å². The quantitative estimate of drug-likeness (QED) is 0.745. The molecule has 0 aliphatic heterocycles. The van der Waals surface area contributed by atoms with E-state index in [1.165, 1.54) is 57.8 Å². The zero-order valence-electron chi connectivity index (χ0n) is 11.9. The van der Waals surface area contributed by atoms with Crippen LogP contribution in [-0.2, 0) is 0 Å². The molecule has 4 fully saturated rings. The molecule has 4 saturated carbocycles. The highest BCUT2D eigenvalue weighted by atomic mass is 14.9. The predicted molar refractivity (Wildman–Crippen MR) is 75.1 cm³/mol. The van der Waals surface area contributed by atoms with Gasteiger partial charge in [0.25, 0.3) is 0 Å². The average Bonchev–Trinajstić information content (AvgIpc) is 3.00. The van der Waals surface area contributed by atoms with Crippen molar-refractivity contribution in [3.8, 4) is 0 Å². The van der Waals surface area contributed by atoms with Crippen molar-refractivity contribution in [2.45, 2.75) is 70.3 Å². The summed E-state index contributed by atoms with van der Waals surface area (Å²) in [5.74, 6) is 5.88. The molecule has 0 saturated heterocycles. The van der Waals surface area contributed by atoms with E-state index in [4.69, 9.17) is 5.73 Å². The molecule has 4 aliphatic carbocycles. The molecule has 2 N–H and O–H groups in total. The molecule has 0 aromatic carbocycles. The Morgan fingerprint density at radius 1 is 0.944 bits per heavy atom. The number of hydrogen-bond acceptors (Lipinski definition) is 1. The summed E-state index contributed by atoms with van der Waals surface area (Å²) in [5.41, 5.74) is 7.28. The molecule has 0 aromatic heterocycles. The molecule has 102 valence electrons. The van der Waals surface area contributed by atoms with Crippen LogP contribution in [0.4, 0.5) is 0 Å². The molecule has 0 heterocycles. The van der Waals surface area contributed by atoms with Crippen LogP contribution in [0.2, 0.25) is 0 Å². The summed E-state index contributed by atoms with van der Waals surface area (Å²) >= 11 is 0. The Hall–Kier alpha value is -0.0400. The van der Waals surface area contributed by atoms with Crippen LogP contribution in [0.5, 0.6) is 0 Å². The summed E-state index contributed by atoms with van der Waals surface area (Å²) in [7, 11) is 0. The van der Waals surface area contributed by atoms with Gasteiger partial charge in [-0.05, 0) is 74.0 Å². The SMILES string of the molecule is CC1CCC(C2(N)CC3CC2C2CCCC32)CC1. The van der Waals surface area contributed by atoms with E-state index in [-0.39, 0.29) is 5.54 Å². The highest BCUT2D eigenvalue weighted by molar-refractivity contribution is 5.14. The minimum Gasteiger partial charge on any atom is -0.325 e. The van der Waals surface area contributed by atoms with E-state index >= 15 is 0 Å². The fourth-order valence-electron chi connectivity index (χ4n) is 6.50. The van der Waals surface area contributed by atoms with Gasteiger partial charge in [0.2, 0.25) is 0 Å². The molecule has 0 amide bonds. The molecule has 5 atom stereocenters. The second-order valence-electron chi connectivity index (χ2n) is 8.13. The summed E-state index contributed by atoms with van der Waals surface area (Å²) in [6.45, 7) is 2.42. The third kappa shape index (κ3) is 1.49. The Morgan fingerprint density at radius 3 is 2.44 bits per heavy atom. The van der Waals surface area contributed by atoms with E-state index in [1.54, 1.807) is 0 Å². The summed E-state index contributed by atoms with van der Waals surface area (Å²) in [6, 6.07) is 0. The van der Waals surface area contributed by atoms with Gasteiger partial charge in [-0.1, -0.05) is 26.2 Å². The van der Waals surface area contributed by atoms with Crippen LogP contribution in [-0.4, -0.2) is 5.54 Å². The van der Waals surface area contributed by atoms with Crippen molar-refractivity contribution in [2.75, 3.05) is 0 Å². The third-order valence-electron chi connectivity index (χ3n) is 7.39. The molecule has 0 radical (unpaired) electrons. The smallest absolute Gasteiger partial charge is 0.0217 e. The van der Waals surface area contributed by atoms with Crippen molar-refractivity contribution in [3.63, 3.8) is 0 Å². The van der Waals surface area contributed by atoms with Crippen molar-refractivity contribution in [1.29, 1.82) is 0 Å². The van der Waals surface area contributed by atoms with Gasteiger partial charge in [-0.2, -0.15) is 0 Å². The first-order valence-electron chi connectivity index (χ1n) is 8.47. The topological polar surface area (TPSA) is 26.0 Å². The molecule has 0 spiro atoms. The molecule has 1 nitrogen and oxygen atoms in total. The van der Waals surface area contributed by atoms with E-state index in [0.29, 0.717) is 0 Å². The Balaban J connectivity index is 1.54. The first kappa shape index (κ1) is 11.8. The van der Waals surface area contributed by atoms with Crippen molar-refractivity contribution in [3.05, 3.63) is 0 Å². The molecule has 0 aromatic rings. The van der Waals surface area contributed by atoms with Crippen LogP contribution in [0.1, 0.15) is 64.7 Å². The molecule has 4 aliphatic rings. The van der Waals surface area contributed by atoms with Crippen LogP contribution in [0.25, 0.3) is 0 Å². The van der Waals surface area contributed by atoms with Crippen LogP contribution in [0, 0.1) is 35.5 Å². The second kappa shape index (κ2) is 3.98. The van der Waals surface area contributed by atoms with Crippen LogP contribution >= 0.6 is 0 Å². The maximum Gasteiger partial charge on any atom is 0.0217 e. The molecule has 1 heteroatoms. The first-order valence-corrected chi connectivity index (χ1v) is 8.47. The summed E-state index contributed by atoms with van der Waals surface area (Å²) in [6.07, 6.45) is 13.2. The van der Waals surface area contributed by atoms with Crippen LogP contribution in [0.3, 0.4) is 0 Å². The minimum absolute atomic E-state index is 0.260. The first-order chi connectivity index (χ1) is 8.68. The van der Waals surface area contributed by atoms with Crippen molar-refractivity contribution < 1.29 is 0 Å². The van der Waals surface area contributed by atoms with Gasteiger partial charge in [-0.3, -0.25) is 0 Å². The predicted octanol–water partition coefficient (Wildman–Crippen LogP) is 3.97. The maximum atomic E-state index is 7.02. The monoisotopic (exact) mass is 247 g/mol. The van der Waals surface area contributed by atoms with E-state index in [9.17, 15) is 0 Å². The van der Waals surface area contributed by atoms with E-state index in [1.807, 2.05) is 0 Å². The van der Waals surface area contributed by atoms with Crippen molar-refractivity contribution in [2.24, 2.45) is 41.2 Å². The van der Waals surface area contributed by atoms with Crippen LogP contribution < -0.4 is 5.73 Å².